The maximum Gasteiger partial charge on any atom is 0.534 e. The normalized spacial score (nSPS) is 12.3. The van der Waals surface area contributed by atoms with Crippen molar-refractivity contribution in [1.82, 2.24) is 4.57 Å². The fourth-order valence-electron chi connectivity index (χ4n) is 6.13. The molecule has 0 saturated heterocycles. The topological polar surface area (TPSA) is 51.5 Å². The monoisotopic (exact) mass is 664 g/mol. The number of benzene rings is 6. The summed E-state index contributed by atoms with van der Waals surface area (Å²) in [6.07, 6.45) is 0. The Morgan fingerprint density at radius 3 is 1.74 bits per heavy atom. The van der Waals surface area contributed by atoms with Crippen LogP contribution in [-0.2, 0) is 10.1 Å². The molecule has 2 aromatic heterocycles. The smallest absolute Gasteiger partial charge is 0.376 e. The van der Waals surface area contributed by atoms with E-state index in [-0.39, 0.29) is 0 Å². The maximum atomic E-state index is 13.5. The summed E-state index contributed by atoms with van der Waals surface area (Å²) in [6.45, 7) is 0. The Kier molecular flexibility index (Phi) is 6.75. The first-order valence-electron chi connectivity index (χ1n) is 14.6. The molecule has 0 N–H and O–H groups in total. The van der Waals surface area contributed by atoms with E-state index in [0.717, 1.165) is 53.7 Å². The Bertz CT molecular complexity index is 2470. The van der Waals surface area contributed by atoms with Crippen LogP contribution in [-0.4, -0.2) is 18.5 Å². The van der Waals surface area contributed by atoms with Gasteiger partial charge in [0.15, 0.2) is 0 Å². The minimum Gasteiger partial charge on any atom is -0.376 e. The first-order valence-corrected chi connectivity index (χ1v) is 16.8. The van der Waals surface area contributed by atoms with E-state index in [2.05, 4.69) is 34.9 Å². The molecule has 0 amide bonds. The van der Waals surface area contributed by atoms with Gasteiger partial charge in [0.2, 0.25) is 0 Å². The van der Waals surface area contributed by atoms with Crippen LogP contribution in [0.2, 0.25) is 0 Å². The number of hydrogen-bond acceptors (Lipinski definition) is 5. The Balaban J connectivity index is 1.40. The highest BCUT2D eigenvalue weighted by Gasteiger charge is 2.48. The number of halogens is 3. The van der Waals surface area contributed by atoms with Gasteiger partial charge < -0.3 is 13.7 Å². The van der Waals surface area contributed by atoms with Crippen LogP contribution >= 0.6 is 11.3 Å². The van der Waals surface area contributed by atoms with Gasteiger partial charge in [-0.15, -0.1) is 11.3 Å². The Morgan fingerprint density at radius 1 is 0.617 bits per heavy atom. The second-order valence-corrected chi connectivity index (χ2v) is 13.6. The molecule has 8 rings (SSSR count). The quantitative estimate of drug-likeness (QED) is 0.131. The SMILES string of the molecule is O=S(=O)(Oc1cc(N(c2ccccc2)c2ccccc2)c2sc3cc(-n4c5ccccc5c5ccccc54)ccc3c2c1)C(F)(F)F. The molecule has 0 aliphatic carbocycles. The number of aromatic nitrogens is 1. The summed E-state index contributed by atoms with van der Waals surface area (Å²) in [5.41, 5.74) is -0.633. The van der Waals surface area contributed by atoms with E-state index in [1.54, 1.807) is 0 Å². The van der Waals surface area contributed by atoms with Crippen LogP contribution < -0.4 is 9.08 Å². The molecule has 47 heavy (non-hydrogen) atoms. The lowest BCUT2D eigenvalue weighted by Gasteiger charge is -2.26. The number of anilines is 3. The van der Waals surface area contributed by atoms with E-state index in [4.69, 9.17) is 4.18 Å². The standard InChI is InChI=1S/C37H23F3N2O3S2/c38-37(39,40)47(43,44)45-27-22-31-30-20-19-26(42-32-17-9-7-15-28(32)29-16-8-10-18-33(29)42)21-35(30)46-36(31)34(23-27)41(24-11-3-1-4-12-24)25-13-5-2-6-14-25/h1-23H. The predicted octanol–water partition coefficient (Wildman–Crippen LogP) is 10.8. The fraction of sp³-hybridized carbons (Fsp3) is 0.0270. The van der Waals surface area contributed by atoms with Gasteiger partial charge in [-0.25, -0.2) is 0 Å². The third-order valence-corrected chi connectivity index (χ3v) is 10.3. The number of thiophene rings is 1. The number of hydrogen-bond donors (Lipinski definition) is 0. The highest BCUT2D eigenvalue weighted by Crippen LogP contribution is 2.48. The molecule has 0 atom stereocenters. The van der Waals surface area contributed by atoms with Gasteiger partial charge in [0.05, 0.1) is 21.4 Å². The van der Waals surface area contributed by atoms with E-state index in [0.29, 0.717) is 11.1 Å². The van der Waals surface area contributed by atoms with Crippen molar-refractivity contribution in [3.05, 3.63) is 140 Å². The number of alkyl halides is 3. The van der Waals surface area contributed by atoms with Crippen LogP contribution in [0.3, 0.4) is 0 Å². The molecular weight excluding hydrogens is 642 g/mol. The zero-order chi connectivity index (χ0) is 32.3. The molecule has 2 heterocycles. The minimum atomic E-state index is -5.92. The van der Waals surface area contributed by atoms with Crippen LogP contribution in [0.15, 0.2) is 140 Å². The van der Waals surface area contributed by atoms with Crippen LogP contribution in [0.25, 0.3) is 47.7 Å². The largest absolute Gasteiger partial charge is 0.534 e. The lowest BCUT2D eigenvalue weighted by Crippen LogP contribution is -2.28. The number of para-hydroxylation sites is 4. The lowest BCUT2D eigenvalue weighted by atomic mass is 10.1. The molecule has 232 valence electrons. The van der Waals surface area contributed by atoms with Crippen molar-refractivity contribution in [2.75, 3.05) is 4.90 Å². The molecule has 0 aliphatic rings. The highest BCUT2D eigenvalue weighted by atomic mass is 32.2. The summed E-state index contributed by atoms with van der Waals surface area (Å²) in [4.78, 5) is 1.89. The summed E-state index contributed by atoms with van der Waals surface area (Å²) in [5, 5.41) is 3.57. The fourth-order valence-corrected chi connectivity index (χ4v) is 7.80. The highest BCUT2D eigenvalue weighted by molar-refractivity contribution is 7.88. The molecule has 8 aromatic rings. The molecule has 0 fully saturated rings. The molecule has 0 aliphatic heterocycles. The van der Waals surface area contributed by atoms with Crippen molar-refractivity contribution in [3.8, 4) is 11.4 Å². The van der Waals surface area contributed by atoms with Gasteiger partial charge >= 0.3 is 15.6 Å². The number of rotatable bonds is 6. The molecule has 10 heteroatoms. The van der Waals surface area contributed by atoms with Gasteiger partial charge in [0, 0.05) is 49.4 Å². The second-order valence-electron chi connectivity index (χ2n) is 11.0. The van der Waals surface area contributed by atoms with E-state index in [9.17, 15) is 21.6 Å². The van der Waals surface area contributed by atoms with Crippen LogP contribution in [0.4, 0.5) is 30.2 Å². The molecule has 0 unspecified atom stereocenters. The molecule has 0 bridgehead atoms. The second kappa shape index (κ2) is 10.9. The van der Waals surface area contributed by atoms with Crippen LogP contribution in [0, 0.1) is 0 Å². The molecule has 5 nitrogen and oxygen atoms in total. The third-order valence-electron chi connectivity index (χ3n) is 8.11. The lowest BCUT2D eigenvalue weighted by molar-refractivity contribution is -0.0500. The van der Waals surface area contributed by atoms with Crippen molar-refractivity contribution in [3.63, 3.8) is 0 Å². The van der Waals surface area contributed by atoms with E-state index in [1.165, 1.54) is 23.5 Å². The summed E-state index contributed by atoms with van der Waals surface area (Å²) in [6, 6.07) is 43.8. The summed E-state index contributed by atoms with van der Waals surface area (Å²) in [5.74, 6) is -0.437. The average molecular weight is 665 g/mol. The Morgan fingerprint density at radius 2 is 1.17 bits per heavy atom. The van der Waals surface area contributed by atoms with E-state index in [1.807, 2.05) is 102 Å². The average Bonchev–Trinajstić information content (AvgIpc) is 3.61. The first-order chi connectivity index (χ1) is 22.7. The first kappa shape index (κ1) is 29.1. The molecule has 0 radical (unpaired) electrons. The van der Waals surface area contributed by atoms with Crippen molar-refractivity contribution >= 4 is 80.5 Å². The van der Waals surface area contributed by atoms with Crippen molar-refractivity contribution in [2.45, 2.75) is 5.51 Å². The van der Waals surface area contributed by atoms with Gasteiger partial charge in [-0.3, -0.25) is 0 Å². The summed E-state index contributed by atoms with van der Waals surface area (Å²) >= 11 is 1.48. The minimum absolute atomic E-state index is 0.437. The summed E-state index contributed by atoms with van der Waals surface area (Å²) in [7, 11) is -5.92. The number of nitrogens with zero attached hydrogens (tertiary/aromatic N) is 2. The summed E-state index contributed by atoms with van der Waals surface area (Å²) < 4.78 is 73.5. The van der Waals surface area contributed by atoms with E-state index < -0.39 is 21.4 Å². The van der Waals surface area contributed by atoms with Gasteiger partial charge in [-0.1, -0.05) is 78.9 Å². The predicted molar refractivity (Wildman–Crippen MR) is 184 cm³/mol. The maximum absolute atomic E-state index is 13.5. The van der Waals surface area contributed by atoms with Gasteiger partial charge in [-0.05, 0) is 54.6 Å². The van der Waals surface area contributed by atoms with Crippen molar-refractivity contribution in [1.29, 1.82) is 0 Å². The third kappa shape index (κ3) is 4.88. The Labute approximate surface area is 271 Å². The Hall–Kier alpha value is -5.32. The van der Waals surface area contributed by atoms with Gasteiger partial charge in [0.1, 0.15) is 5.75 Å². The molecule has 0 saturated carbocycles. The zero-order valence-electron chi connectivity index (χ0n) is 24.3. The van der Waals surface area contributed by atoms with E-state index >= 15 is 0 Å². The van der Waals surface area contributed by atoms with Crippen LogP contribution in [0.5, 0.6) is 5.75 Å². The van der Waals surface area contributed by atoms with Crippen molar-refractivity contribution in [2.24, 2.45) is 0 Å². The van der Waals surface area contributed by atoms with Crippen LogP contribution in [0.1, 0.15) is 0 Å². The van der Waals surface area contributed by atoms with Crippen molar-refractivity contribution < 1.29 is 25.8 Å². The molecule has 0 spiro atoms. The molecule has 6 aromatic carbocycles. The zero-order valence-corrected chi connectivity index (χ0v) is 26.0. The van der Waals surface area contributed by atoms with Gasteiger partial charge in [-0.2, -0.15) is 21.6 Å². The number of fused-ring (bicyclic) bond motifs is 6. The molecular formula is C37H23F3N2O3S2. The van der Waals surface area contributed by atoms with Gasteiger partial charge in [0.25, 0.3) is 0 Å².